The lowest BCUT2D eigenvalue weighted by atomic mass is 10.1. The van der Waals surface area contributed by atoms with E-state index in [1.807, 2.05) is 60.9 Å². The zero-order valence-electron chi connectivity index (χ0n) is 15.5. The molecule has 28 heavy (non-hydrogen) atoms. The highest BCUT2D eigenvalue weighted by atomic mass is 32.2. The molecular weight excluding hydrogens is 378 g/mol. The van der Waals surface area contributed by atoms with Crippen LogP contribution in [-0.2, 0) is 11.3 Å². The lowest BCUT2D eigenvalue weighted by Crippen LogP contribution is -2.42. The van der Waals surface area contributed by atoms with Gasteiger partial charge in [-0.1, -0.05) is 55.9 Å². The van der Waals surface area contributed by atoms with Crippen LogP contribution in [0.2, 0.25) is 0 Å². The molecule has 3 N–H and O–H groups in total. The maximum Gasteiger partial charge on any atom is 0.318 e. The maximum absolute atomic E-state index is 12.4. The Morgan fingerprint density at radius 3 is 2.54 bits per heavy atom. The average Bonchev–Trinajstić information content (AvgIpc) is 3.30. The number of hydrogen-bond acceptors (Lipinski definition) is 6. The number of carbonyl (C=O) groups excluding carboxylic acids is 2. The number of rotatable bonds is 7. The molecular formula is C19H21N5O3S. The molecule has 8 nitrogen and oxygen atoms in total. The third kappa shape index (κ3) is 4.61. The van der Waals surface area contributed by atoms with E-state index in [1.54, 1.807) is 6.26 Å². The minimum atomic E-state index is -0.877. The van der Waals surface area contributed by atoms with E-state index in [9.17, 15) is 9.59 Å². The second kappa shape index (κ2) is 8.75. The molecule has 9 heteroatoms. The predicted octanol–water partition coefficient (Wildman–Crippen LogP) is 2.90. The Balaban J connectivity index is 1.96. The number of hydrogen-bond donors (Lipinski definition) is 2. The molecule has 3 rings (SSSR count). The Labute approximate surface area is 166 Å². The van der Waals surface area contributed by atoms with Gasteiger partial charge in [-0.25, -0.2) is 4.79 Å². The van der Waals surface area contributed by atoms with Gasteiger partial charge >= 0.3 is 6.03 Å². The SMILES string of the molecule is CC(C)[C@@H](Sc1nnc(-c2ccccc2)n1Cc1ccco1)C(=O)NC(N)=O. The van der Waals surface area contributed by atoms with Crippen LogP contribution in [0, 0.1) is 5.92 Å². The van der Waals surface area contributed by atoms with Crippen molar-refractivity contribution in [3.05, 3.63) is 54.5 Å². The van der Waals surface area contributed by atoms with Crippen molar-refractivity contribution in [1.29, 1.82) is 0 Å². The molecule has 0 aliphatic carbocycles. The molecule has 2 heterocycles. The second-order valence-electron chi connectivity index (χ2n) is 6.47. The third-order valence-corrected chi connectivity index (χ3v) is 5.51. The van der Waals surface area contributed by atoms with Crippen molar-refractivity contribution in [2.75, 3.05) is 0 Å². The Morgan fingerprint density at radius 1 is 1.18 bits per heavy atom. The molecule has 0 saturated heterocycles. The predicted molar refractivity (Wildman–Crippen MR) is 105 cm³/mol. The van der Waals surface area contributed by atoms with E-state index in [1.165, 1.54) is 11.8 Å². The van der Waals surface area contributed by atoms with Crippen LogP contribution in [-0.4, -0.2) is 32.0 Å². The minimum absolute atomic E-state index is 0.0571. The van der Waals surface area contributed by atoms with Gasteiger partial charge in [0.1, 0.15) is 5.76 Å². The molecule has 2 aromatic heterocycles. The minimum Gasteiger partial charge on any atom is -0.467 e. The molecule has 1 aromatic carbocycles. The molecule has 0 unspecified atom stereocenters. The van der Waals surface area contributed by atoms with Crippen molar-refractivity contribution in [1.82, 2.24) is 20.1 Å². The smallest absolute Gasteiger partial charge is 0.318 e. The lowest BCUT2D eigenvalue weighted by Gasteiger charge is -2.18. The summed E-state index contributed by atoms with van der Waals surface area (Å²) in [5.41, 5.74) is 6.00. The molecule has 0 radical (unpaired) electrons. The van der Waals surface area contributed by atoms with E-state index < -0.39 is 17.2 Å². The average molecular weight is 399 g/mol. The molecule has 3 aromatic rings. The number of nitrogens with one attached hydrogen (secondary N) is 1. The number of urea groups is 1. The van der Waals surface area contributed by atoms with Gasteiger partial charge in [0.15, 0.2) is 11.0 Å². The number of benzene rings is 1. The molecule has 0 aliphatic rings. The number of primary amides is 1. The van der Waals surface area contributed by atoms with E-state index in [0.29, 0.717) is 17.5 Å². The Bertz CT molecular complexity index is 938. The van der Waals surface area contributed by atoms with Crippen LogP contribution in [0.15, 0.2) is 58.3 Å². The topological polar surface area (TPSA) is 116 Å². The van der Waals surface area contributed by atoms with E-state index in [2.05, 4.69) is 15.5 Å². The van der Waals surface area contributed by atoms with Crippen LogP contribution in [0.4, 0.5) is 4.79 Å². The van der Waals surface area contributed by atoms with Crippen LogP contribution in [0.1, 0.15) is 19.6 Å². The van der Waals surface area contributed by atoms with Gasteiger partial charge < -0.3 is 10.2 Å². The largest absolute Gasteiger partial charge is 0.467 e. The number of furan rings is 1. The summed E-state index contributed by atoms with van der Waals surface area (Å²) < 4.78 is 7.37. The summed E-state index contributed by atoms with van der Waals surface area (Å²) in [5, 5.41) is 10.8. The molecule has 1 atom stereocenters. The highest BCUT2D eigenvalue weighted by Gasteiger charge is 2.28. The van der Waals surface area contributed by atoms with Gasteiger partial charge in [0.25, 0.3) is 0 Å². The number of aromatic nitrogens is 3. The Kier molecular flexibility index (Phi) is 6.15. The molecule has 146 valence electrons. The second-order valence-corrected chi connectivity index (χ2v) is 7.58. The standard InChI is InChI=1S/C19H21N5O3S/c1-12(2)15(17(25)21-18(20)26)28-19-23-22-16(13-7-4-3-5-8-13)24(19)11-14-9-6-10-27-14/h3-10,12,15H,11H2,1-2H3,(H3,20,21,25,26)/t15-/m1/s1. The first-order valence-electron chi connectivity index (χ1n) is 8.73. The lowest BCUT2D eigenvalue weighted by molar-refractivity contribution is -0.120. The van der Waals surface area contributed by atoms with Gasteiger partial charge in [0.2, 0.25) is 5.91 Å². The van der Waals surface area contributed by atoms with Crippen LogP contribution >= 0.6 is 11.8 Å². The first kappa shape index (κ1) is 19.7. The Hall–Kier alpha value is -3.07. The zero-order valence-corrected chi connectivity index (χ0v) is 16.3. The number of amides is 3. The van der Waals surface area contributed by atoms with Gasteiger partial charge in [-0.05, 0) is 18.1 Å². The van der Waals surface area contributed by atoms with Gasteiger partial charge in [0.05, 0.1) is 18.1 Å². The zero-order chi connectivity index (χ0) is 20.1. The Morgan fingerprint density at radius 2 is 1.93 bits per heavy atom. The molecule has 0 spiro atoms. The third-order valence-electron chi connectivity index (χ3n) is 3.99. The van der Waals surface area contributed by atoms with Crippen molar-refractivity contribution in [3.63, 3.8) is 0 Å². The highest BCUT2D eigenvalue weighted by molar-refractivity contribution is 8.00. The highest BCUT2D eigenvalue weighted by Crippen LogP contribution is 2.31. The van der Waals surface area contributed by atoms with Crippen molar-refractivity contribution >= 4 is 23.7 Å². The fourth-order valence-corrected chi connectivity index (χ4v) is 3.71. The summed E-state index contributed by atoms with van der Waals surface area (Å²) in [6.45, 7) is 4.20. The van der Waals surface area contributed by atoms with Crippen molar-refractivity contribution < 1.29 is 14.0 Å². The molecule has 0 bridgehead atoms. The quantitative estimate of drug-likeness (QED) is 0.590. The summed E-state index contributed by atoms with van der Waals surface area (Å²) in [7, 11) is 0. The normalized spacial score (nSPS) is 12.1. The number of thioether (sulfide) groups is 1. The number of imide groups is 1. The van der Waals surface area contributed by atoms with Crippen molar-refractivity contribution in [3.8, 4) is 11.4 Å². The summed E-state index contributed by atoms with van der Waals surface area (Å²) in [4.78, 5) is 23.5. The first-order valence-corrected chi connectivity index (χ1v) is 9.61. The number of carbonyl (C=O) groups is 2. The summed E-state index contributed by atoms with van der Waals surface area (Å²) in [6.07, 6.45) is 1.60. The number of nitrogens with two attached hydrogens (primary N) is 1. The molecule has 0 aliphatic heterocycles. The summed E-state index contributed by atoms with van der Waals surface area (Å²) in [6, 6.07) is 12.5. The van der Waals surface area contributed by atoms with Crippen LogP contribution in [0.3, 0.4) is 0 Å². The molecule has 3 amide bonds. The number of nitrogens with zero attached hydrogens (tertiary/aromatic N) is 3. The van der Waals surface area contributed by atoms with Crippen LogP contribution in [0.5, 0.6) is 0 Å². The van der Waals surface area contributed by atoms with Gasteiger partial charge in [0, 0.05) is 5.56 Å². The summed E-state index contributed by atoms with van der Waals surface area (Å²) >= 11 is 1.24. The van der Waals surface area contributed by atoms with Gasteiger partial charge in [-0.15, -0.1) is 10.2 Å². The molecule has 0 fully saturated rings. The maximum atomic E-state index is 12.4. The van der Waals surface area contributed by atoms with E-state index in [4.69, 9.17) is 10.2 Å². The van der Waals surface area contributed by atoms with Gasteiger partial charge in [-0.2, -0.15) is 0 Å². The van der Waals surface area contributed by atoms with E-state index in [0.717, 1.165) is 11.3 Å². The van der Waals surface area contributed by atoms with Gasteiger partial charge in [-0.3, -0.25) is 14.7 Å². The van der Waals surface area contributed by atoms with Crippen LogP contribution < -0.4 is 11.1 Å². The van der Waals surface area contributed by atoms with E-state index >= 15 is 0 Å². The fraction of sp³-hybridized carbons (Fsp3) is 0.263. The van der Waals surface area contributed by atoms with Crippen molar-refractivity contribution in [2.45, 2.75) is 30.8 Å². The van der Waals surface area contributed by atoms with Crippen molar-refractivity contribution in [2.24, 2.45) is 11.7 Å². The van der Waals surface area contributed by atoms with E-state index in [-0.39, 0.29) is 5.92 Å². The monoisotopic (exact) mass is 399 g/mol. The fourth-order valence-electron chi connectivity index (χ4n) is 2.68. The molecule has 0 saturated carbocycles. The summed E-state index contributed by atoms with van der Waals surface area (Å²) in [5.74, 6) is 0.887. The van der Waals surface area contributed by atoms with Crippen LogP contribution in [0.25, 0.3) is 11.4 Å². The first-order chi connectivity index (χ1) is 13.5.